The van der Waals surface area contributed by atoms with Crippen molar-refractivity contribution in [2.45, 2.75) is 0 Å². The Kier molecular flexibility index (Phi) is 2.09. The van der Waals surface area contributed by atoms with E-state index in [0.29, 0.717) is 0 Å². The van der Waals surface area contributed by atoms with Crippen molar-refractivity contribution in [3.63, 3.8) is 0 Å². The molecule has 6 heteroatoms. The number of nitrogens with zero attached hydrogens (tertiary/aromatic N) is 3. The number of hydrogen-bond donors (Lipinski definition) is 2. The summed E-state index contributed by atoms with van der Waals surface area (Å²) in [5.74, 6) is -0.497. The van der Waals surface area contributed by atoms with Gasteiger partial charge in [0.25, 0.3) is 5.91 Å². The fourth-order valence-electron chi connectivity index (χ4n) is 1.17. The summed E-state index contributed by atoms with van der Waals surface area (Å²) in [4.78, 5) is 11.8. The van der Waals surface area contributed by atoms with Gasteiger partial charge in [-0.15, -0.1) is 5.10 Å². The number of anilines is 1. The monoisotopic (exact) mass is 204 g/mol. The number of para-hydroxylation sites is 1. The van der Waals surface area contributed by atoms with Gasteiger partial charge in [-0.2, -0.15) is 4.68 Å². The van der Waals surface area contributed by atoms with Crippen LogP contribution in [0.5, 0.6) is 5.75 Å². The topological polar surface area (TPSA) is 94.0 Å². The SMILES string of the molecule is Nc1cnnn1C(=O)c1ccccc1O. The molecule has 0 saturated carbocycles. The molecule has 2 rings (SSSR count). The van der Waals surface area contributed by atoms with Crippen LogP contribution >= 0.6 is 0 Å². The number of rotatable bonds is 1. The number of carbonyl (C=O) groups excluding carboxylic acids is 1. The third-order valence-electron chi connectivity index (χ3n) is 1.90. The van der Waals surface area contributed by atoms with Gasteiger partial charge in [-0.1, -0.05) is 17.3 Å². The molecule has 76 valence electrons. The molecule has 2 aromatic rings. The summed E-state index contributed by atoms with van der Waals surface area (Å²) in [5, 5.41) is 16.4. The van der Waals surface area contributed by atoms with Crippen molar-refractivity contribution < 1.29 is 9.90 Å². The van der Waals surface area contributed by atoms with E-state index in [1.807, 2.05) is 0 Å². The third-order valence-corrected chi connectivity index (χ3v) is 1.90. The lowest BCUT2D eigenvalue weighted by atomic mass is 10.2. The van der Waals surface area contributed by atoms with E-state index in [1.54, 1.807) is 12.1 Å². The summed E-state index contributed by atoms with van der Waals surface area (Å²) >= 11 is 0. The van der Waals surface area contributed by atoms with Crippen LogP contribution < -0.4 is 5.73 Å². The van der Waals surface area contributed by atoms with Crippen LogP contribution in [0.1, 0.15) is 10.4 Å². The Morgan fingerprint density at radius 1 is 1.40 bits per heavy atom. The van der Waals surface area contributed by atoms with Crippen LogP contribution in [0.4, 0.5) is 5.82 Å². The first-order valence-corrected chi connectivity index (χ1v) is 4.19. The van der Waals surface area contributed by atoms with Crippen LogP contribution in [0.2, 0.25) is 0 Å². The first kappa shape index (κ1) is 9.20. The van der Waals surface area contributed by atoms with Crippen molar-refractivity contribution in [1.82, 2.24) is 15.0 Å². The zero-order valence-electron chi connectivity index (χ0n) is 7.66. The van der Waals surface area contributed by atoms with Crippen molar-refractivity contribution in [3.8, 4) is 5.75 Å². The summed E-state index contributed by atoms with van der Waals surface area (Å²) in [6.45, 7) is 0. The van der Waals surface area contributed by atoms with E-state index >= 15 is 0 Å². The zero-order valence-corrected chi connectivity index (χ0v) is 7.66. The molecule has 0 bridgehead atoms. The van der Waals surface area contributed by atoms with E-state index in [9.17, 15) is 9.90 Å². The Bertz CT molecular complexity index is 506. The first-order valence-electron chi connectivity index (χ1n) is 4.19. The van der Waals surface area contributed by atoms with Crippen molar-refractivity contribution in [1.29, 1.82) is 0 Å². The number of nitrogens with two attached hydrogens (primary N) is 1. The second-order valence-electron chi connectivity index (χ2n) is 2.89. The maximum absolute atomic E-state index is 11.8. The minimum absolute atomic E-state index is 0.114. The van der Waals surface area contributed by atoms with Gasteiger partial charge in [0, 0.05) is 0 Å². The molecule has 0 atom stereocenters. The van der Waals surface area contributed by atoms with E-state index < -0.39 is 5.91 Å². The highest BCUT2D eigenvalue weighted by molar-refractivity contribution is 5.99. The van der Waals surface area contributed by atoms with Crippen LogP contribution in [-0.4, -0.2) is 26.0 Å². The van der Waals surface area contributed by atoms with Gasteiger partial charge in [-0.05, 0) is 12.1 Å². The summed E-state index contributed by atoms with van der Waals surface area (Å²) in [6, 6.07) is 6.16. The maximum Gasteiger partial charge on any atom is 0.285 e. The molecule has 0 radical (unpaired) electrons. The predicted molar refractivity (Wildman–Crippen MR) is 52.3 cm³/mol. The average Bonchev–Trinajstić information content (AvgIpc) is 2.64. The molecule has 0 spiro atoms. The van der Waals surface area contributed by atoms with Crippen molar-refractivity contribution in [3.05, 3.63) is 36.0 Å². The van der Waals surface area contributed by atoms with Gasteiger partial charge in [0.15, 0.2) is 5.82 Å². The number of carbonyl (C=O) groups is 1. The van der Waals surface area contributed by atoms with E-state index in [-0.39, 0.29) is 17.1 Å². The molecule has 15 heavy (non-hydrogen) atoms. The molecule has 1 aromatic heterocycles. The molecule has 6 nitrogen and oxygen atoms in total. The number of phenols is 1. The molecule has 1 aromatic carbocycles. The highest BCUT2D eigenvalue weighted by atomic mass is 16.3. The van der Waals surface area contributed by atoms with Crippen molar-refractivity contribution in [2.24, 2.45) is 0 Å². The second-order valence-corrected chi connectivity index (χ2v) is 2.89. The standard InChI is InChI=1S/C9H8N4O2/c10-8-5-11-12-13(8)9(15)6-3-1-2-4-7(6)14/h1-5,14H,10H2. The fraction of sp³-hybridized carbons (Fsp3) is 0. The van der Waals surface area contributed by atoms with Gasteiger partial charge in [-0.25, -0.2) is 0 Å². The van der Waals surface area contributed by atoms with Crippen LogP contribution in [-0.2, 0) is 0 Å². The van der Waals surface area contributed by atoms with E-state index in [0.717, 1.165) is 4.68 Å². The van der Waals surface area contributed by atoms with Crippen molar-refractivity contribution >= 4 is 11.7 Å². The number of nitrogen functional groups attached to an aromatic ring is 1. The number of aromatic hydroxyl groups is 1. The molecule has 3 N–H and O–H groups in total. The highest BCUT2D eigenvalue weighted by Crippen LogP contribution is 2.17. The van der Waals surface area contributed by atoms with Gasteiger partial charge in [-0.3, -0.25) is 4.79 Å². The number of aromatic nitrogens is 3. The third kappa shape index (κ3) is 1.52. The maximum atomic E-state index is 11.8. The van der Waals surface area contributed by atoms with Gasteiger partial charge < -0.3 is 10.8 Å². The van der Waals surface area contributed by atoms with E-state index in [2.05, 4.69) is 10.3 Å². The minimum Gasteiger partial charge on any atom is -0.507 e. The summed E-state index contributed by atoms with van der Waals surface area (Å²) < 4.78 is 0.926. The second kappa shape index (κ2) is 3.41. The smallest absolute Gasteiger partial charge is 0.285 e. The number of hydrogen-bond acceptors (Lipinski definition) is 5. The number of phenolic OH excluding ortho intramolecular Hbond substituents is 1. The van der Waals surface area contributed by atoms with Crippen LogP contribution in [0.3, 0.4) is 0 Å². The normalized spacial score (nSPS) is 10.1. The number of benzene rings is 1. The lowest BCUT2D eigenvalue weighted by Crippen LogP contribution is -2.16. The molecule has 0 aliphatic carbocycles. The van der Waals surface area contributed by atoms with E-state index in [1.165, 1.54) is 18.3 Å². The minimum atomic E-state index is -0.511. The van der Waals surface area contributed by atoms with E-state index in [4.69, 9.17) is 5.73 Å². The Morgan fingerprint density at radius 2 is 2.13 bits per heavy atom. The average molecular weight is 204 g/mol. The molecule has 0 unspecified atom stereocenters. The molecular formula is C9H8N4O2. The summed E-state index contributed by atoms with van der Waals surface area (Å²) in [5.41, 5.74) is 5.60. The Hall–Kier alpha value is -2.37. The van der Waals surface area contributed by atoms with Crippen LogP contribution in [0, 0.1) is 0 Å². The Morgan fingerprint density at radius 3 is 2.73 bits per heavy atom. The van der Waals surface area contributed by atoms with Gasteiger partial charge in [0.2, 0.25) is 0 Å². The Labute approximate surface area is 84.9 Å². The molecule has 0 amide bonds. The summed E-state index contributed by atoms with van der Waals surface area (Å²) in [6.07, 6.45) is 1.26. The van der Waals surface area contributed by atoms with Crippen LogP contribution in [0.15, 0.2) is 30.5 Å². The molecule has 0 fully saturated rings. The van der Waals surface area contributed by atoms with Crippen LogP contribution in [0.25, 0.3) is 0 Å². The fourth-order valence-corrected chi connectivity index (χ4v) is 1.17. The molecule has 0 saturated heterocycles. The molecule has 1 heterocycles. The lowest BCUT2D eigenvalue weighted by molar-refractivity contribution is 0.0943. The largest absolute Gasteiger partial charge is 0.507 e. The molecule has 0 aliphatic heterocycles. The van der Waals surface area contributed by atoms with Crippen molar-refractivity contribution in [2.75, 3.05) is 5.73 Å². The first-order chi connectivity index (χ1) is 7.20. The zero-order chi connectivity index (χ0) is 10.8. The quantitative estimate of drug-likeness (QED) is 0.694. The van der Waals surface area contributed by atoms with Gasteiger partial charge in [0.05, 0.1) is 11.8 Å². The highest BCUT2D eigenvalue weighted by Gasteiger charge is 2.15. The Balaban J connectivity index is 2.46. The molecular weight excluding hydrogens is 196 g/mol. The summed E-state index contributed by atoms with van der Waals surface area (Å²) in [7, 11) is 0. The van der Waals surface area contributed by atoms with Gasteiger partial charge >= 0.3 is 0 Å². The predicted octanol–water partition coefficient (Wildman–Crippen LogP) is 0.254. The molecule has 0 aliphatic rings. The lowest BCUT2D eigenvalue weighted by Gasteiger charge is -2.03. The van der Waals surface area contributed by atoms with Gasteiger partial charge in [0.1, 0.15) is 5.75 Å².